The number of hydrogen-bond donors (Lipinski definition) is 2. The molecular formula is C10H17N3S. The Kier molecular flexibility index (Phi) is 2.65. The second kappa shape index (κ2) is 3.79. The Hall–Kier alpha value is -0.740. The van der Waals surface area contributed by atoms with Gasteiger partial charge in [0.1, 0.15) is 5.00 Å². The molecule has 78 valence electrons. The molecule has 2 rings (SSSR count). The molecule has 0 fully saturated rings. The number of fused-ring (bicyclic) bond motifs is 1. The highest BCUT2D eigenvalue weighted by atomic mass is 32.1. The van der Waals surface area contributed by atoms with E-state index < -0.39 is 0 Å². The van der Waals surface area contributed by atoms with Gasteiger partial charge in [-0.05, 0) is 18.5 Å². The number of rotatable bonds is 2. The monoisotopic (exact) mass is 211 g/mol. The first-order valence-electron chi connectivity index (χ1n) is 5.06. The van der Waals surface area contributed by atoms with Gasteiger partial charge in [0.15, 0.2) is 0 Å². The molecule has 1 aromatic heterocycles. The molecule has 0 saturated carbocycles. The lowest BCUT2D eigenvalue weighted by atomic mass is 10.1. The maximum absolute atomic E-state index is 5.96. The number of nitrogens with two attached hydrogens (primary N) is 1. The van der Waals surface area contributed by atoms with Gasteiger partial charge in [0, 0.05) is 25.0 Å². The Bertz CT molecular complexity index is 332. The minimum atomic E-state index is 0.940. The van der Waals surface area contributed by atoms with E-state index in [0.717, 1.165) is 31.1 Å². The molecule has 3 N–H and O–H groups in total. The van der Waals surface area contributed by atoms with E-state index in [-0.39, 0.29) is 0 Å². The molecule has 0 atom stereocenters. The van der Waals surface area contributed by atoms with Gasteiger partial charge >= 0.3 is 0 Å². The molecule has 1 aromatic rings. The summed E-state index contributed by atoms with van der Waals surface area (Å²) < 4.78 is 0. The first-order chi connectivity index (χ1) is 6.76. The molecular weight excluding hydrogens is 194 g/mol. The average molecular weight is 211 g/mol. The fraction of sp³-hybridized carbons (Fsp3) is 0.600. The van der Waals surface area contributed by atoms with Crippen molar-refractivity contribution in [3.05, 3.63) is 10.4 Å². The third kappa shape index (κ3) is 1.48. The van der Waals surface area contributed by atoms with Crippen LogP contribution in [-0.4, -0.2) is 25.0 Å². The minimum Gasteiger partial charge on any atom is -0.389 e. The molecule has 0 spiro atoms. The van der Waals surface area contributed by atoms with Crippen LogP contribution >= 0.6 is 11.3 Å². The zero-order valence-corrected chi connectivity index (χ0v) is 9.58. The second-order valence-electron chi connectivity index (χ2n) is 3.61. The fourth-order valence-electron chi connectivity index (χ4n) is 2.02. The lowest BCUT2D eigenvalue weighted by molar-refractivity contribution is 0.272. The number of thiophene rings is 1. The van der Waals surface area contributed by atoms with Gasteiger partial charge in [-0.15, -0.1) is 11.3 Å². The van der Waals surface area contributed by atoms with Crippen LogP contribution in [0.4, 0.5) is 10.7 Å². The van der Waals surface area contributed by atoms with E-state index in [9.17, 15) is 0 Å². The number of hydrogen-bond acceptors (Lipinski definition) is 4. The lowest BCUT2D eigenvalue weighted by Gasteiger charge is -2.25. The van der Waals surface area contributed by atoms with Crippen molar-refractivity contribution >= 4 is 22.0 Å². The van der Waals surface area contributed by atoms with Crippen LogP contribution in [0.1, 0.15) is 17.4 Å². The van der Waals surface area contributed by atoms with Gasteiger partial charge in [-0.25, -0.2) is 0 Å². The highest BCUT2D eigenvalue weighted by Gasteiger charge is 2.21. The summed E-state index contributed by atoms with van der Waals surface area (Å²) >= 11 is 1.73. The molecule has 0 amide bonds. The summed E-state index contributed by atoms with van der Waals surface area (Å²) in [5.74, 6) is 0. The highest BCUT2D eigenvalue weighted by molar-refractivity contribution is 7.16. The fourth-order valence-corrected chi connectivity index (χ4v) is 3.19. The Balaban J connectivity index is 2.31. The van der Waals surface area contributed by atoms with Gasteiger partial charge in [0.05, 0.1) is 5.69 Å². The van der Waals surface area contributed by atoms with Crippen LogP contribution in [0, 0.1) is 0 Å². The Morgan fingerprint density at radius 2 is 2.36 bits per heavy atom. The van der Waals surface area contributed by atoms with Crippen LogP contribution in [-0.2, 0) is 13.0 Å². The predicted molar refractivity (Wildman–Crippen MR) is 62.9 cm³/mol. The molecule has 3 nitrogen and oxygen atoms in total. The third-order valence-electron chi connectivity index (χ3n) is 2.86. The highest BCUT2D eigenvalue weighted by Crippen LogP contribution is 2.38. The molecule has 2 heterocycles. The SMILES string of the molecule is CCN1CCc2c(sc(N)c2NC)C1. The van der Waals surface area contributed by atoms with Crippen molar-refractivity contribution in [2.45, 2.75) is 19.9 Å². The van der Waals surface area contributed by atoms with Crippen molar-refractivity contribution in [3.8, 4) is 0 Å². The van der Waals surface area contributed by atoms with Crippen molar-refractivity contribution in [3.63, 3.8) is 0 Å². The summed E-state index contributed by atoms with van der Waals surface area (Å²) in [5.41, 5.74) is 8.57. The van der Waals surface area contributed by atoms with Crippen LogP contribution in [0.2, 0.25) is 0 Å². The van der Waals surface area contributed by atoms with E-state index in [4.69, 9.17) is 5.73 Å². The molecule has 14 heavy (non-hydrogen) atoms. The third-order valence-corrected chi connectivity index (χ3v) is 3.91. The minimum absolute atomic E-state index is 0.940. The van der Waals surface area contributed by atoms with Gasteiger partial charge in [0.2, 0.25) is 0 Å². The smallest absolute Gasteiger partial charge is 0.110 e. The Morgan fingerprint density at radius 1 is 1.57 bits per heavy atom. The van der Waals surface area contributed by atoms with Crippen LogP contribution in [0.25, 0.3) is 0 Å². The maximum Gasteiger partial charge on any atom is 0.110 e. The number of nitrogens with zero attached hydrogens (tertiary/aromatic N) is 1. The zero-order chi connectivity index (χ0) is 10.1. The molecule has 1 aliphatic heterocycles. The van der Waals surface area contributed by atoms with E-state index in [1.165, 1.54) is 16.1 Å². The summed E-state index contributed by atoms with van der Waals surface area (Å²) in [7, 11) is 1.95. The summed E-state index contributed by atoms with van der Waals surface area (Å²) in [6, 6.07) is 0. The lowest BCUT2D eigenvalue weighted by Crippen LogP contribution is -2.29. The topological polar surface area (TPSA) is 41.3 Å². The summed E-state index contributed by atoms with van der Waals surface area (Å²) in [6.45, 7) is 5.57. The first kappa shape index (κ1) is 9.80. The normalized spacial score (nSPS) is 16.7. The largest absolute Gasteiger partial charge is 0.389 e. The van der Waals surface area contributed by atoms with Gasteiger partial charge in [-0.2, -0.15) is 0 Å². The van der Waals surface area contributed by atoms with Crippen LogP contribution in [0.5, 0.6) is 0 Å². The van der Waals surface area contributed by atoms with Crippen LogP contribution in [0.15, 0.2) is 0 Å². The second-order valence-corrected chi connectivity index (χ2v) is 4.75. The predicted octanol–water partition coefficient (Wildman–Crippen LogP) is 1.75. The number of nitrogens with one attached hydrogen (secondary N) is 1. The van der Waals surface area contributed by atoms with Crippen molar-refractivity contribution in [2.24, 2.45) is 0 Å². The zero-order valence-electron chi connectivity index (χ0n) is 8.76. The van der Waals surface area contributed by atoms with Crippen molar-refractivity contribution < 1.29 is 0 Å². The standard InChI is InChI=1S/C10H17N3S/c1-3-13-5-4-7-8(6-13)14-10(11)9(7)12-2/h12H,3-6,11H2,1-2H3. The summed E-state index contributed by atoms with van der Waals surface area (Å²) in [6.07, 6.45) is 1.13. The van der Waals surface area contributed by atoms with Crippen molar-refractivity contribution in [1.29, 1.82) is 0 Å². The van der Waals surface area contributed by atoms with Crippen LogP contribution in [0.3, 0.4) is 0 Å². The van der Waals surface area contributed by atoms with Gasteiger partial charge < -0.3 is 11.1 Å². The van der Waals surface area contributed by atoms with E-state index >= 15 is 0 Å². The van der Waals surface area contributed by atoms with Crippen molar-refractivity contribution in [1.82, 2.24) is 4.90 Å². The molecule has 0 radical (unpaired) electrons. The van der Waals surface area contributed by atoms with Gasteiger partial charge in [0.25, 0.3) is 0 Å². The summed E-state index contributed by atoms with van der Waals surface area (Å²) in [4.78, 5) is 3.90. The molecule has 0 unspecified atom stereocenters. The summed E-state index contributed by atoms with van der Waals surface area (Å²) in [5, 5.41) is 4.14. The van der Waals surface area contributed by atoms with Crippen LogP contribution < -0.4 is 11.1 Å². The number of likely N-dealkylation sites (N-methyl/N-ethyl adjacent to an activating group) is 1. The molecule has 0 saturated heterocycles. The number of anilines is 2. The number of nitrogen functional groups attached to an aromatic ring is 1. The molecule has 0 bridgehead atoms. The molecule has 4 heteroatoms. The molecule has 0 aromatic carbocycles. The van der Waals surface area contributed by atoms with E-state index in [2.05, 4.69) is 17.1 Å². The van der Waals surface area contributed by atoms with E-state index in [0.29, 0.717) is 0 Å². The van der Waals surface area contributed by atoms with Gasteiger partial charge in [-0.3, -0.25) is 4.90 Å². The van der Waals surface area contributed by atoms with Gasteiger partial charge in [-0.1, -0.05) is 6.92 Å². The first-order valence-corrected chi connectivity index (χ1v) is 5.88. The van der Waals surface area contributed by atoms with E-state index in [1.54, 1.807) is 11.3 Å². The maximum atomic E-state index is 5.96. The molecule has 1 aliphatic rings. The Labute approximate surface area is 88.9 Å². The van der Waals surface area contributed by atoms with Crippen molar-refractivity contribution in [2.75, 3.05) is 31.2 Å². The average Bonchev–Trinajstić information content (AvgIpc) is 2.51. The quantitative estimate of drug-likeness (QED) is 0.783. The van der Waals surface area contributed by atoms with E-state index in [1.807, 2.05) is 7.05 Å². The molecule has 0 aliphatic carbocycles. The Morgan fingerprint density at radius 3 is 3.00 bits per heavy atom.